The van der Waals surface area contributed by atoms with Gasteiger partial charge in [-0.3, -0.25) is 0 Å². The first-order chi connectivity index (χ1) is 9.61. The zero-order valence-corrected chi connectivity index (χ0v) is 10.6. The minimum Gasteiger partial charge on any atom is -0.322 e. The fourth-order valence-electron chi connectivity index (χ4n) is 1.85. The lowest BCUT2D eigenvalue weighted by Crippen LogP contribution is -1.99. The van der Waals surface area contributed by atoms with Crippen LogP contribution in [-0.2, 0) is 0 Å². The van der Waals surface area contributed by atoms with E-state index in [0.29, 0.717) is 11.0 Å². The number of nitrogens with zero attached hydrogens (tertiary/aromatic N) is 4. The van der Waals surface area contributed by atoms with E-state index in [1.165, 1.54) is 0 Å². The number of fused-ring (bicyclic) bond motifs is 1. The second kappa shape index (κ2) is 4.58. The molecule has 5 nitrogen and oxygen atoms in total. The number of hydrogen-bond acceptors (Lipinski definition) is 3. The van der Waals surface area contributed by atoms with E-state index >= 15 is 0 Å². The number of alkyl halides is 2. The number of hydrogen-bond donors (Lipinski definition) is 1. The number of H-pyrrole nitrogens is 1. The quantitative estimate of drug-likeness (QED) is 0.788. The summed E-state index contributed by atoms with van der Waals surface area (Å²) in [5.74, 6) is 0.180. The van der Waals surface area contributed by atoms with Gasteiger partial charge in [-0.05, 0) is 12.1 Å². The number of nitrogens with one attached hydrogen (secondary N) is 1. The Kier molecular flexibility index (Phi) is 2.88. The van der Waals surface area contributed by atoms with Gasteiger partial charge in [-0.2, -0.15) is 15.0 Å². The summed E-state index contributed by atoms with van der Waals surface area (Å²) in [7, 11) is 0. The van der Waals surface area contributed by atoms with Crippen LogP contribution in [0.3, 0.4) is 0 Å². The van der Waals surface area contributed by atoms with Crippen molar-refractivity contribution in [2.45, 2.75) is 6.43 Å². The maximum atomic E-state index is 12.8. The van der Waals surface area contributed by atoms with Crippen molar-refractivity contribution in [1.29, 1.82) is 5.26 Å². The monoisotopic (exact) mass is 293 g/mol. The molecule has 20 heavy (non-hydrogen) atoms. The molecule has 0 aliphatic carbocycles. The van der Waals surface area contributed by atoms with E-state index in [4.69, 9.17) is 16.9 Å². The normalized spacial score (nSPS) is 11.2. The van der Waals surface area contributed by atoms with Gasteiger partial charge in [0.2, 0.25) is 5.95 Å². The Labute approximate surface area is 116 Å². The molecule has 0 fully saturated rings. The highest BCUT2D eigenvalue weighted by atomic mass is 35.5. The van der Waals surface area contributed by atoms with Crippen LogP contribution < -0.4 is 0 Å². The van der Waals surface area contributed by atoms with Crippen LogP contribution >= 0.6 is 11.6 Å². The second-order valence-corrected chi connectivity index (χ2v) is 4.31. The number of nitriles is 1. The smallest absolute Gasteiger partial charge is 0.283 e. The van der Waals surface area contributed by atoms with Gasteiger partial charge in [0, 0.05) is 0 Å². The summed E-state index contributed by atoms with van der Waals surface area (Å²) < 4.78 is 26.6. The second-order valence-electron chi connectivity index (χ2n) is 3.95. The van der Waals surface area contributed by atoms with E-state index in [1.807, 2.05) is 0 Å². The van der Waals surface area contributed by atoms with Gasteiger partial charge in [-0.1, -0.05) is 23.7 Å². The topological polar surface area (TPSA) is 70.3 Å². The van der Waals surface area contributed by atoms with Crippen LogP contribution in [0.1, 0.15) is 17.7 Å². The Morgan fingerprint density at radius 3 is 2.70 bits per heavy atom. The van der Waals surface area contributed by atoms with E-state index in [0.717, 1.165) is 4.68 Å². The standard InChI is InChI=1S/C12H6ClF2N5/c13-10-6(5-16)9(11(14)15)19-20(10)12-17-7-3-1-2-4-8(7)18-12/h1-4,11H,(H,17,18). The van der Waals surface area contributed by atoms with Gasteiger partial charge in [0.1, 0.15) is 17.3 Å². The average molecular weight is 294 g/mol. The third-order valence-electron chi connectivity index (χ3n) is 2.75. The van der Waals surface area contributed by atoms with Crippen LogP contribution in [0.4, 0.5) is 8.78 Å². The first kappa shape index (κ1) is 12.6. The predicted octanol–water partition coefficient (Wildman–Crippen LogP) is 3.21. The van der Waals surface area contributed by atoms with Crippen molar-refractivity contribution in [1.82, 2.24) is 19.7 Å². The molecule has 0 radical (unpaired) electrons. The van der Waals surface area contributed by atoms with Crippen molar-refractivity contribution in [2.75, 3.05) is 0 Å². The largest absolute Gasteiger partial charge is 0.322 e. The number of halogens is 3. The first-order valence-corrected chi connectivity index (χ1v) is 5.91. The lowest BCUT2D eigenvalue weighted by molar-refractivity contribution is 0.145. The summed E-state index contributed by atoms with van der Waals surface area (Å²) in [5, 5.41) is 12.4. The number of para-hydroxylation sites is 2. The molecule has 0 aliphatic rings. The molecule has 3 aromatic rings. The van der Waals surface area contributed by atoms with Crippen molar-refractivity contribution >= 4 is 22.6 Å². The summed E-state index contributed by atoms with van der Waals surface area (Å²) >= 11 is 5.92. The molecule has 1 N–H and O–H groups in total. The van der Waals surface area contributed by atoms with E-state index in [-0.39, 0.29) is 16.7 Å². The van der Waals surface area contributed by atoms with E-state index in [2.05, 4.69) is 15.1 Å². The molecule has 0 unspecified atom stereocenters. The molecule has 0 aliphatic heterocycles. The van der Waals surface area contributed by atoms with Crippen LogP contribution in [0, 0.1) is 11.3 Å². The molecule has 0 atom stereocenters. The summed E-state index contributed by atoms with van der Waals surface area (Å²) in [6.45, 7) is 0. The molecule has 3 rings (SSSR count). The van der Waals surface area contributed by atoms with Gasteiger partial charge in [0.25, 0.3) is 6.43 Å². The van der Waals surface area contributed by atoms with Gasteiger partial charge in [-0.25, -0.2) is 13.8 Å². The third-order valence-corrected chi connectivity index (χ3v) is 3.10. The summed E-state index contributed by atoms with van der Waals surface area (Å²) in [5.41, 5.74) is 0.359. The first-order valence-electron chi connectivity index (χ1n) is 5.53. The minimum atomic E-state index is -2.88. The molecule has 100 valence electrons. The molecular formula is C12H6ClF2N5. The summed E-state index contributed by atoms with van der Waals surface area (Å²) in [6.07, 6.45) is -2.88. The lowest BCUT2D eigenvalue weighted by atomic mass is 10.3. The highest BCUT2D eigenvalue weighted by Crippen LogP contribution is 2.29. The Balaban J connectivity index is 2.22. The fourth-order valence-corrected chi connectivity index (χ4v) is 2.11. The number of rotatable bonds is 2. The van der Waals surface area contributed by atoms with Crippen LogP contribution in [-0.4, -0.2) is 19.7 Å². The Morgan fingerprint density at radius 2 is 2.10 bits per heavy atom. The molecule has 0 amide bonds. The molecule has 0 bridgehead atoms. The fraction of sp³-hybridized carbons (Fsp3) is 0.0833. The van der Waals surface area contributed by atoms with Crippen molar-refractivity contribution in [2.24, 2.45) is 0 Å². The SMILES string of the molecule is N#Cc1c(C(F)F)nn(-c2nc3ccccc3[nH]2)c1Cl. The molecule has 0 spiro atoms. The van der Waals surface area contributed by atoms with E-state index < -0.39 is 12.1 Å². The van der Waals surface area contributed by atoms with Crippen LogP contribution in [0.5, 0.6) is 0 Å². The van der Waals surface area contributed by atoms with Crippen LogP contribution in [0.25, 0.3) is 17.0 Å². The number of aromatic nitrogens is 4. The van der Waals surface area contributed by atoms with E-state index in [9.17, 15) is 8.78 Å². The number of benzene rings is 1. The lowest BCUT2D eigenvalue weighted by Gasteiger charge is -1.96. The third kappa shape index (κ3) is 1.82. The maximum Gasteiger partial charge on any atom is 0.283 e. The number of aromatic amines is 1. The van der Waals surface area contributed by atoms with Crippen molar-refractivity contribution in [3.63, 3.8) is 0 Å². The zero-order valence-electron chi connectivity index (χ0n) is 9.81. The zero-order chi connectivity index (χ0) is 14.3. The Morgan fingerprint density at radius 1 is 1.35 bits per heavy atom. The van der Waals surface area contributed by atoms with Crippen molar-refractivity contribution in [3.8, 4) is 12.0 Å². The highest BCUT2D eigenvalue weighted by Gasteiger charge is 2.24. The average Bonchev–Trinajstić information content (AvgIpc) is 2.98. The Bertz CT molecular complexity index is 797. The molecule has 8 heteroatoms. The maximum absolute atomic E-state index is 12.8. The minimum absolute atomic E-state index is 0.180. The van der Waals surface area contributed by atoms with Crippen molar-refractivity contribution < 1.29 is 8.78 Å². The molecule has 2 aromatic heterocycles. The van der Waals surface area contributed by atoms with Crippen LogP contribution in [0.2, 0.25) is 5.15 Å². The highest BCUT2D eigenvalue weighted by molar-refractivity contribution is 6.31. The predicted molar refractivity (Wildman–Crippen MR) is 67.9 cm³/mol. The molecule has 0 saturated heterocycles. The van der Waals surface area contributed by atoms with E-state index in [1.54, 1.807) is 30.3 Å². The molecular weight excluding hydrogens is 288 g/mol. The molecule has 1 aromatic carbocycles. The Hall–Kier alpha value is -2.46. The van der Waals surface area contributed by atoms with Gasteiger partial charge >= 0.3 is 0 Å². The summed E-state index contributed by atoms with van der Waals surface area (Å²) in [6, 6.07) is 8.77. The van der Waals surface area contributed by atoms with Crippen molar-refractivity contribution in [3.05, 3.63) is 40.7 Å². The molecule has 2 heterocycles. The summed E-state index contributed by atoms with van der Waals surface area (Å²) in [4.78, 5) is 7.10. The van der Waals surface area contributed by atoms with Gasteiger partial charge in [-0.15, -0.1) is 0 Å². The van der Waals surface area contributed by atoms with Crippen LogP contribution in [0.15, 0.2) is 24.3 Å². The van der Waals surface area contributed by atoms with Gasteiger partial charge in [0.15, 0.2) is 5.15 Å². The molecule has 0 saturated carbocycles. The van der Waals surface area contributed by atoms with Gasteiger partial charge in [0.05, 0.1) is 11.0 Å². The van der Waals surface area contributed by atoms with Gasteiger partial charge < -0.3 is 4.98 Å². The number of imidazole rings is 1.